The van der Waals surface area contributed by atoms with Gasteiger partial charge in [0.15, 0.2) is 0 Å². The fourth-order valence-electron chi connectivity index (χ4n) is 1.86. The standard InChI is InChI=1S/C13H15NO/c1-9-5-4-8-11(9)12(14)13(15)10-6-2-3-7-10/h2-8,12-13,15H,14H2,1H3/t12-,13+/m1/s1. The van der Waals surface area contributed by atoms with Gasteiger partial charge in [0, 0.05) is 17.9 Å². The van der Waals surface area contributed by atoms with Gasteiger partial charge < -0.3 is 10.8 Å². The highest BCUT2D eigenvalue weighted by Gasteiger charge is 2.38. The molecule has 78 valence electrons. The maximum Gasteiger partial charge on any atom is 0.0765 e. The molecule has 0 amide bonds. The summed E-state index contributed by atoms with van der Waals surface area (Å²) in [6, 6.07) is -0.345. The third-order valence-electron chi connectivity index (χ3n) is 2.81. The first-order valence-electron chi connectivity index (χ1n) is 5.07. The summed E-state index contributed by atoms with van der Waals surface area (Å²) < 4.78 is 0. The summed E-state index contributed by atoms with van der Waals surface area (Å²) in [6.07, 6.45) is 12.9. The van der Waals surface area contributed by atoms with E-state index in [-0.39, 0.29) is 6.04 Å². The van der Waals surface area contributed by atoms with Gasteiger partial charge in [-0.15, -0.1) is 0 Å². The summed E-state index contributed by atoms with van der Waals surface area (Å²) in [7, 11) is 0. The zero-order chi connectivity index (χ0) is 10.8. The Morgan fingerprint density at radius 2 is 1.73 bits per heavy atom. The lowest BCUT2D eigenvalue weighted by Gasteiger charge is -2.29. The van der Waals surface area contributed by atoms with Crippen LogP contribution in [0.2, 0.25) is 0 Å². The zero-order valence-electron chi connectivity index (χ0n) is 8.72. The van der Waals surface area contributed by atoms with Gasteiger partial charge in [0.1, 0.15) is 0 Å². The van der Waals surface area contributed by atoms with Crippen LogP contribution in [-0.4, -0.2) is 17.3 Å². The third kappa shape index (κ3) is 2.36. The van der Waals surface area contributed by atoms with Crippen LogP contribution in [0.1, 0.15) is 6.92 Å². The minimum atomic E-state index is -0.624. The molecule has 2 atom stereocenters. The highest BCUT2D eigenvalue weighted by molar-refractivity contribution is 5.48. The van der Waals surface area contributed by atoms with Crippen LogP contribution in [0.3, 0.4) is 0 Å². The molecule has 2 fully saturated rings. The molecule has 0 spiro atoms. The van der Waals surface area contributed by atoms with Gasteiger partial charge in [-0.3, -0.25) is 0 Å². The molecule has 0 aromatic rings. The second-order valence-electron chi connectivity index (χ2n) is 3.85. The number of aliphatic hydroxyl groups is 1. The lowest BCUT2D eigenvalue weighted by molar-refractivity contribution is 0.171. The number of nitrogens with two attached hydrogens (primary N) is 1. The molecule has 0 aliphatic heterocycles. The molecule has 2 aliphatic carbocycles. The van der Waals surface area contributed by atoms with Gasteiger partial charge in [0.25, 0.3) is 0 Å². The van der Waals surface area contributed by atoms with Crippen molar-refractivity contribution in [2.45, 2.75) is 19.1 Å². The monoisotopic (exact) mass is 201 g/mol. The number of aliphatic hydroxyl groups excluding tert-OH is 1. The van der Waals surface area contributed by atoms with E-state index in [0.29, 0.717) is 0 Å². The molecule has 0 aromatic carbocycles. The molecule has 0 saturated heterocycles. The second kappa shape index (κ2) is 4.84. The van der Waals surface area contributed by atoms with Crippen molar-refractivity contribution in [1.29, 1.82) is 0 Å². The van der Waals surface area contributed by atoms with E-state index < -0.39 is 6.10 Å². The van der Waals surface area contributed by atoms with Crippen LogP contribution >= 0.6 is 0 Å². The van der Waals surface area contributed by atoms with E-state index in [4.69, 9.17) is 5.73 Å². The SMILES string of the molecule is C[C]1[CH][CH][CH][C]1[C@@H](N)[C@@H](O)[C]1[CH][CH][CH][CH]1. The highest BCUT2D eigenvalue weighted by atomic mass is 16.3. The summed E-state index contributed by atoms with van der Waals surface area (Å²) in [6.45, 7) is 2.01. The van der Waals surface area contributed by atoms with Crippen LogP contribution in [0.4, 0.5) is 0 Å². The first-order chi connectivity index (χ1) is 7.20. The molecule has 2 nitrogen and oxygen atoms in total. The predicted molar refractivity (Wildman–Crippen MR) is 59.5 cm³/mol. The Bertz CT molecular complexity index is 201. The minimum absolute atomic E-state index is 0.345. The second-order valence-corrected chi connectivity index (χ2v) is 3.85. The Morgan fingerprint density at radius 3 is 2.27 bits per heavy atom. The van der Waals surface area contributed by atoms with E-state index in [1.54, 1.807) is 0 Å². The summed E-state index contributed by atoms with van der Waals surface area (Å²) in [4.78, 5) is 0. The van der Waals surface area contributed by atoms with Gasteiger partial charge in [-0.25, -0.2) is 0 Å². The number of rotatable bonds is 3. The highest BCUT2D eigenvalue weighted by Crippen LogP contribution is 2.38. The maximum atomic E-state index is 10.0. The summed E-state index contributed by atoms with van der Waals surface area (Å²) >= 11 is 0. The number of hydrogen-bond donors (Lipinski definition) is 2. The van der Waals surface area contributed by atoms with Crippen molar-refractivity contribution in [2.24, 2.45) is 5.73 Å². The van der Waals surface area contributed by atoms with Crippen molar-refractivity contribution in [3.8, 4) is 0 Å². The van der Waals surface area contributed by atoms with E-state index in [9.17, 15) is 5.11 Å². The smallest absolute Gasteiger partial charge is 0.0765 e. The average Bonchev–Trinajstić information content (AvgIpc) is 2.85. The van der Waals surface area contributed by atoms with Gasteiger partial charge in [0.2, 0.25) is 0 Å². The van der Waals surface area contributed by atoms with E-state index in [1.165, 1.54) is 0 Å². The molecule has 0 heterocycles. The van der Waals surface area contributed by atoms with Crippen LogP contribution < -0.4 is 5.73 Å². The predicted octanol–water partition coefficient (Wildman–Crippen LogP) is 0.875. The van der Waals surface area contributed by atoms with Gasteiger partial charge in [-0.05, 0) is 50.9 Å². The summed E-state index contributed by atoms with van der Waals surface area (Å²) in [5.74, 6) is 3.03. The maximum absolute atomic E-state index is 10.0. The van der Waals surface area contributed by atoms with E-state index in [2.05, 4.69) is 0 Å². The van der Waals surface area contributed by atoms with Crippen LogP contribution in [0.5, 0.6) is 0 Å². The van der Waals surface area contributed by atoms with Crippen molar-refractivity contribution in [1.82, 2.24) is 0 Å². The van der Waals surface area contributed by atoms with Crippen LogP contribution in [0.15, 0.2) is 0 Å². The summed E-state index contributed by atoms with van der Waals surface area (Å²) in [5, 5.41) is 10.0. The molecule has 2 aliphatic rings. The fourth-order valence-corrected chi connectivity index (χ4v) is 1.86. The third-order valence-corrected chi connectivity index (χ3v) is 2.81. The zero-order valence-corrected chi connectivity index (χ0v) is 8.72. The molecule has 0 aromatic heterocycles. The Hall–Kier alpha value is -0.0800. The van der Waals surface area contributed by atoms with Crippen LogP contribution in [-0.2, 0) is 0 Å². The van der Waals surface area contributed by atoms with Crippen molar-refractivity contribution >= 4 is 0 Å². The Morgan fingerprint density at radius 1 is 1.07 bits per heavy atom. The van der Waals surface area contributed by atoms with Crippen molar-refractivity contribution in [2.75, 3.05) is 0 Å². The Balaban J connectivity index is 1.90. The number of hydrogen-bond acceptors (Lipinski definition) is 2. The average molecular weight is 201 g/mol. The lowest BCUT2D eigenvalue weighted by Crippen LogP contribution is -2.44. The lowest BCUT2D eigenvalue weighted by atomic mass is 9.82. The van der Waals surface area contributed by atoms with Crippen molar-refractivity contribution in [3.05, 3.63) is 62.7 Å². The summed E-state index contributed by atoms with van der Waals surface area (Å²) in [5.41, 5.74) is 6.02. The molecular formula is C13H15NO. The van der Waals surface area contributed by atoms with E-state index in [0.717, 1.165) is 17.8 Å². The molecule has 2 heteroatoms. The van der Waals surface area contributed by atoms with Crippen LogP contribution in [0, 0.1) is 62.7 Å². The Kier molecular flexibility index (Phi) is 3.68. The molecule has 0 unspecified atom stereocenters. The first kappa shape index (κ1) is 11.4. The van der Waals surface area contributed by atoms with Gasteiger partial charge >= 0.3 is 0 Å². The molecule has 10 radical (unpaired) electrons. The first-order valence-corrected chi connectivity index (χ1v) is 5.07. The molecule has 2 saturated carbocycles. The van der Waals surface area contributed by atoms with Crippen LogP contribution in [0.25, 0.3) is 0 Å². The quantitative estimate of drug-likeness (QED) is 0.712. The molecular weight excluding hydrogens is 186 g/mol. The normalized spacial score (nSPS) is 29.8. The Labute approximate surface area is 93.2 Å². The molecule has 0 bridgehead atoms. The van der Waals surface area contributed by atoms with Gasteiger partial charge in [-0.2, -0.15) is 0 Å². The van der Waals surface area contributed by atoms with E-state index in [1.807, 2.05) is 51.9 Å². The van der Waals surface area contributed by atoms with E-state index >= 15 is 0 Å². The fraction of sp³-hybridized carbons (Fsp3) is 0.231. The van der Waals surface area contributed by atoms with Gasteiger partial charge in [0.05, 0.1) is 6.10 Å². The van der Waals surface area contributed by atoms with Gasteiger partial charge in [-0.1, -0.05) is 6.92 Å². The molecule has 2 rings (SSSR count). The molecule has 3 N–H and O–H groups in total. The minimum Gasteiger partial charge on any atom is -0.391 e. The van der Waals surface area contributed by atoms with Crippen molar-refractivity contribution < 1.29 is 5.11 Å². The van der Waals surface area contributed by atoms with Crippen molar-refractivity contribution in [3.63, 3.8) is 0 Å². The molecule has 15 heavy (non-hydrogen) atoms. The topological polar surface area (TPSA) is 46.2 Å². The largest absolute Gasteiger partial charge is 0.391 e.